The summed E-state index contributed by atoms with van der Waals surface area (Å²) in [5.41, 5.74) is 9.97. The zero-order valence-corrected chi connectivity index (χ0v) is 14.5. The second-order valence-electron chi connectivity index (χ2n) is 6.79. The number of nitrogens with one attached hydrogen (secondary N) is 1. The van der Waals surface area contributed by atoms with Crippen LogP contribution >= 0.6 is 0 Å². The van der Waals surface area contributed by atoms with E-state index in [1.807, 2.05) is 31.2 Å². The Morgan fingerprint density at radius 2 is 2.15 bits per heavy atom. The van der Waals surface area contributed by atoms with Crippen molar-refractivity contribution in [2.24, 2.45) is 0 Å². The number of nitrogen functional groups attached to an aromatic ring is 1. The van der Waals surface area contributed by atoms with Gasteiger partial charge in [-0.25, -0.2) is 4.98 Å². The summed E-state index contributed by atoms with van der Waals surface area (Å²) in [5.74, 6) is -0.395. The fourth-order valence-corrected chi connectivity index (χ4v) is 3.56. The summed E-state index contributed by atoms with van der Waals surface area (Å²) in [5, 5.41) is 3.00. The van der Waals surface area contributed by atoms with Crippen molar-refractivity contribution in [3.63, 3.8) is 0 Å². The quantitative estimate of drug-likeness (QED) is 0.696. The number of nitrogens with zero attached hydrogens (tertiary/aromatic N) is 2. The van der Waals surface area contributed by atoms with Crippen LogP contribution in [0.4, 0.5) is 5.69 Å². The summed E-state index contributed by atoms with van der Waals surface area (Å²) in [6, 6.07) is 9.29. The fourth-order valence-electron chi connectivity index (χ4n) is 3.56. The van der Waals surface area contributed by atoms with E-state index in [-0.39, 0.29) is 17.2 Å². The summed E-state index contributed by atoms with van der Waals surface area (Å²) in [6.07, 6.45) is 5.81. The number of pyridine rings is 1. The maximum absolute atomic E-state index is 12.7. The Hall–Kier alpha value is -3.15. The lowest BCUT2D eigenvalue weighted by molar-refractivity contribution is 0.0930. The average molecular weight is 348 g/mol. The Balaban J connectivity index is 1.67. The second-order valence-corrected chi connectivity index (χ2v) is 6.79. The smallest absolute Gasteiger partial charge is 0.270 e. The van der Waals surface area contributed by atoms with Crippen LogP contribution in [0.3, 0.4) is 0 Å². The van der Waals surface area contributed by atoms with Crippen molar-refractivity contribution >= 4 is 17.2 Å². The van der Waals surface area contributed by atoms with Crippen LogP contribution in [-0.4, -0.2) is 15.3 Å². The maximum atomic E-state index is 12.7. The highest BCUT2D eigenvalue weighted by molar-refractivity contribution is 5.94. The number of aryl methyl sites for hydroxylation is 2. The number of carbonyl (C=O) groups excluding carboxylic acids is 1. The predicted molar refractivity (Wildman–Crippen MR) is 100 cm³/mol. The third-order valence-corrected chi connectivity index (χ3v) is 4.88. The van der Waals surface area contributed by atoms with E-state index in [2.05, 4.69) is 10.3 Å². The number of amides is 1. The van der Waals surface area contributed by atoms with Crippen molar-refractivity contribution in [1.29, 1.82) is 0 Å². The van der Waals surface area contributed by atoms with E-state index in [9.17, 15) is 9.59 Å². The van der Waals surface area contributed by atoms with Crippen molar-refractivity contribution in [2.75, 3.05) is 5.73 Å². The monoisotopic (exact) mass is 348 g/mol. The number of aromatic nitrogens is 2. The number of hydrogen-bond donors (Lipinski definition) is 2. The normalized spacial score (nSPS) is 16.3. The van der Waals surface area contributed by atoms with E-state index < -0.39 is 5.91 Å². The highest BCUT2D eigenvalue weighted by atomic mass is 16.2. The molecule has 1 aliphatic carbocycles. The van der Waals surface area contributed by atoms with E-state index in [0.29, 0.717) is 5.65 Å². The lowest BCUT2D eigenvalue weighted by atomic mass is 9.87. The molecule has 3 N–H and O–H groups in total. The van der Waals surface area contributed by atoms with Crippen molar-refractivity contribution in [3.8, 4) is 0 Å². The molecule has 0 saturated carbocycles. The zero-order chi connectivity index (χ0) is 18.3. The molecule has 0 spiro atoms. The molecule has 1 unspecified atom stereocenters. The number of anilines is 1. The number of nitrogens with two attached hydrogens (primary N) is 1. The van der Waals surface area contributed by atoms with Gasteiger partial charge in [-0.05, 0) is 61.1 Å². The predicted octanol–water partition coefficient (Wildman–Crippen LogP) is 2.39. The van der Waals surface area contributed by atoms with Gasteiger partial charge in [-0.15, -0.1) is 0 Å². The van der Waals surface area contributed by atoms with Crippen molar-refractivity contribution in [3.05, 3.63) is 75.3 Å². The summed E-state index contributed by atoms with van der Waals surface area (Å²) < 4.78 is 1.42. The van der Waals surface area contributed by atoms with Gasteiger partial charge in [0.05, 0.1) is 6.04 Å². The molecule has 3 aromatic rings. The molecule has 2 heterocycles. The number of hydrogen-bond acceptors (Lipinski definition) is 4. The van der Waals surface area contributed by atoms with Crippen molar-refractivity contribution < 1.29 is 4.79 Å². The third kappa shape index (κ3) is 2.83. The summed E-state index contributed by atoms with van der Waals surface area (Å²) >= 11 is 0. The molecule has 6 nitrogen and oxygen atoms in total. The second kappa shape index (κ2) is 6.29. The largest absolute Gasteiger partial charge is 0.399 e. The molecule has 6 heteroatoms. The Kier molecular flexibility index (Phi) is 3.95. The molecular weight excluding hydrogens is 328 g/mol. The molecule has 4 rings (SSSR count). The van der Waals surface area contributed by atoms with Gasteiger partial charge in [0.2, 0.25) is 0 Å². The van der Waals surface area contributed by atoms with E-state index in [0.717, 1.165) is 41.6 Å². The molecule has 0 aliphatic heterocycles. The molecule has 132 valence electrons. The van der Waals surface area contributed by atoms with Gasteiger partial charge in [-0.1, -0.05) is 12.1 Å². The number of benzene rings is 1. The highest BCUT2D eigenvalue weighted by Crippen LogP contribution is 2.31. The molecule has 1 aromatic carbocycles. The molecule has 0 saturated heterocycles. The first-order valence-electron chi connectivity index (χ1n) is 8.70. The average Bonchev–Trinajstić information content (AvgIpc) is 2.62. The summed E-state index contributed by atoms with van der Waals surface area (Å²) in [6.45, 7) is 1.89. The molecule has 1 atom stereocenters. The van der Waals surface area contributed by atoms with E-state index in [4.69, 9.17) is 5.73 Å². The van der Waals surface area contributed by atoms with Gasteiger partial charge < -0.3 is 11.1 Å². The van der Waals surface area contributed by atoms with Gasteiger partial charge in [0.15, 0.2) is 0 Å². The van der Waals surface area contributed by atoms with Crippen LogP contribution in [0.15, 0.2) is 47.5 Å². The Labute approximate surface area is 150 Å². The van der Waals surface area contributed by atoms with Gasteiger partial charge in [0.1, 0.15) is 11.2 Å². The van der Waals surface area contributed by atoms with Crippen LogP contribution in [0.2, 0.25) is 0 Å². The SMILES string of the molecule is Cc1ccc2ncc(C(=O)NC3CCCc4cc(N)ccc43)c(=O)n2c1. The Morgan fingerprint density at radius 3 is 3.00 bits per heavy atom. The van der Waals surface area contributed by atoms with E-state index in [1.54, 1.807) is 12.3 Å². The van der Waals surface area contributed by atoms with Crippen LogP contribution in [0.25, 0.3) is 5.65 Å². The number of rotatable bonds is 2. The molecule has 0 radical (unpaired) electrons. The van der Waals surface area contributed by atoms with Gasteiger partial charge in [0.25, 0.3) is 11.5 Å². The minimum absolute atomic E-state index is 0.0515. The van der Waals surface area contributed by atoms with Gasteiger partial charge in [-0.2, -0.15) is 0 Å². The first-order valence-corrected chi connectivity index (χ1v) is 8.70. The van der Waals surface area contributed by atoms with Crippen molar-refractivity contribution in [1.82, 2.24) is 14.7 Å². The van der Waals surface area contributed by atoms with Gasteiger partial charge in [-0.3, -0.25) is 14.0 Å². The lowest BCUT2D eigenvalue weighted by Gasteiger charge is -2.26. The minimum Gasteiger partial charge on any atom is -0.399 e. The van der Waals surface area contributed by atoms with Gasteiger partial charge >= 0.3 is 0 Å². The van der Waals surface area contributed by atoms with Crippen molar-refractivity contribution in [2.45, 2.75) is 32.2 Å². The topological polar surface area (TPSA) is 89.5 Å². The molecular formula is C20H20N4O2. The van der Waals surface area contributed by atoms with Gasteiger partial charge in [0, 0.05) is 18.1 Å². The molecule has 1 amide bonds. The molecule has 0 bridgehead atoms. The van der Waals surface area contributed by atoms with E-state index in [1.165, 1.54) is 10.6 Å². The number of fused-ring (bicyclic) bond motifs is 2. The fraction of sp³-hybridized carbons (Fsp3) is 0.250. The molecule has 1 aliphatic rings. The zero-order valence-electron chi connectivity index (χ0n) is 14.5. The highest BCUT2D eigenvalue weighted by Gasteiger charge is 2.24. The van der Waals surface area contributed by atoms with Crippen LogP contribution < -0.4 is 16.6 Å². The minimum atomic E-state index is -0.395. The lowest BCUT2D eigenvalue weighted by Crippen LogP contribution is -2.35. The summed E-state index contributed by atoms with van der Waals surface area (Å²) in [4.78, 5) is 29.7. The van der Waals surface area contributed by atoms with Crippen LogP contribution in [0.1, 0.15) is 45.9 Å². The maximum Gasteiger partial charge on any atom is 0.270 e. The van der Waals surface area contributed by atoms with Crippen LogP contribution in [0, 0.1) is 6.92 Å². The van der Waals surface area contributed by atoms with Crippen LogP contribution in [-0.2, 0) is 6.42 Å². The Bertz CT molecular complexity index is 1070. The van der Waals surface area contributed by atoms with E-state index >= 15 is 0 Å². The third-order valence-electron chi connectivity index (χ3n) is 4.88. The standard InChI is InChI=1S/C20H20N4O2/c1-12-5-8-18-22-10-16(20(26)24(18)11-12)19(25)23-17-4-2-3-13-9-14(21)6-7-15(13)17/h5-11,17H,2-4,21H2,1H3,(H,23,25). The Morgan fingerprint density at radius 1 is 1.31 bits per heavy atom. The summed E-state index contributed by atoms with van der Waals surface area (Å²) in [7, 11) is 0. The molecule has 0 fully saturated rings. The number of carbonyl (C=O) groups is 1. The first-order chi connectivity index (χ1) is 12.5. The van der Waals surface area contributed by atoms with Crippen LogP contribution in [0.5, 0.6) is 0 Å². The molecule has 2 aromatic heterocycles. The molecule has 26 heavy (non-hydrogen) atoms. The first kappa shape index (κ1) is 16.3.